The Morgan fingerprint density at radius 1 is 1.39 bits per heavy atom. The molecule has 0 aromatic heterocycles. The third-order valence-corrected chi connectivity index (χ3v) is 4.02. The lowest BCUT2D eigenvalue weighted by Crippen LogP contribution is -2.36. The normalized spacial score (nSPS) is 24.5. The Kier molecular flexibility index (Phi) is 4.39. The molecule has 2 atom stereocenters. The zero-order valence-corrected chi connectivity index (χ0v) is 11.7. The lowest BCUT2D eigenvalue weighted by molar-refractivity contribution is 0.279. The maximum Gasteiger partial charge on any atom is 0.123 e. The molecule has 2 rings (SSSR count). The SMILES string of the molecule is Cc1ccc(F)cc1C1CCNCC1CC(C)C. The van der Waals surface area contributed by atoms with Crippen LogP contribution in [0.2, 0.25) is 0 Å². The second-order valence-electron chi connectivity index (χ2n) is 5.99. The summed E-state index contributed by atoms with van der Waals surface area (Å²) in [5, 5.41) is 3.48. The molecule has 1 aromatic rings. The quantitative estimate of drug-likeness (QED) is 0.857. The minimum atomic E-state index is -0.0996. The van der Waals surface area contributed by atoms with E-state index in [1.807, 2.05) is 6.07 Å². The third-order valence-electron chi connectivity index (χ3n) is 4.02. The Balaban J connectivity index is 2.24. The standard InChI is InChI=1S/C16H24FN/c1-11(2)8-13-10-18-7-6-15(13)16-9-14(17)5-4-12(16)3/h4-5,9,11,13,15,18H,6-8,10H2,1-3H3. The van der Waals surface area contributed by atoms with Gasteiger partial charge in [-0.15, -0.1) is 0 Å². The lowest BCUT2D eigenvalue weighted by atomic mass is 9.76. The van der Waals surface area contributed by atoms with Crippen molar-refractivity contribution in [2.75, 3.05) is 13.1 Å². The topological polar surface area (TPSA) is 12.0 Å². The van der Waals surface area contributed by atoms with Crippen LogP contribution in [-0.4, -0.2) is 13.1 Å². The summed E-state index contributed by atoms with van der Waals surface area (Å²) in [6, 6.07) is 5.23. The predicted molar refractivity (Wildman–Crippen MR) is 74.3 cm³/mol. The van der Waals surface area contributed by atoms with Crippen LogP contribution in [0.25, 0.3) is 0 Å². The largest absolute Gasteiger partial charge is 0.316 e. The predicted octanol–water partition coefficient (Wildman–Crippen LogP) is 3.87. The Hall–Kier alpha value is -0.890. The molecule has 1 N–H and O–H groups in total. The van der Waals surface area contributed by atoms with E-state index in [1.54, 1.807) is 12.1 Å². The van der Waals surface area contributed by atoms with Crippen LogP contribution in [0.3, 0.4) is 0 Å². The summed E-state index contributed by atoms with van der Waals surface area (Å²) in [4.78, 5) is 0. The van der Waals surface area contributed by atoms with Crippen molar-refractivity contribution < 1.29 is 4.39 Å². The first-order chi connectivity index (χ1) is 8.58. The van der Waals surface area contributed by atoms with Gasteiger partial charge in [0.25, 0.3) is 0 Å². The van der Waals surface area contributed by atoms with Crippen LogP contribution in [0.5, 0.6) is 0 Å². The highest BCUT2D eigenvalue weighted by molar-refractivity contribution is 5.31. The maximum atomic E-state index is 13.5. The monoisotopic (exact) mass is 249 g/mol. The smallest absolute Gasteiger partial charge is 0.123 e. The van der Waals surface area contributed by atoms with Crippen molar-refractivity contribution in [3.05, 3.63) is 35.1 Å². The number of nitrogens with one attached hydrogen (secondary N) is 1. The number of hydrogen-bond acceptors (Lipinski definition) is 1. The molecular formula is C16H24FN. The van der Waals surface area contributed by atoms with Crippen molar-refractivity contribution >= 4 is 0 Å². The summed E-state index contributed by atoms with van der Waals surface area (Å²) in [7, 11) is 0. The molecule has 1 saturated heterocycles. The fourth-order valence-corrected chi connectivity index (χ4v) is 3.20. The molecule has 1 heterocycles. The van der Waals surface area contributed by atoms with E-state index in [1.165, 1.54) is 17.5 Å². The highest BCUT2D eigenvalue weighted by atomic mass is 19.1. The van der Waals surface area contributed by atoms with Gasteiger partial charge in [0.05, 0.1) is 0 Å². The number of rotatable bonds is 3. The summed E-state index contributed by atoms with van der Waals surface area (Å²) in [5.74, 6) is 1.76. The first kappa shape index (κ1) is 13.5. The molecule has 1 fully saturated rings. The highest BCUT2D eigenvalue weighted by Crippen LogP contribution is 2.36. The van der Waals surface area contributed by atoms with Crippen LogP contribution in [0.1, 0.15) is 43.7 Å². The average Bonchev–Trinajstić information content (AvgIpc) is 2.32. The van der Waals surface area contributed by atoms with Gasteiger partial charge in [0, 0.05) is 0 Å². The molecule has 2 heteroatoms. The average molecular weight is 249 g/mol. The van der Waals surface area contributed by atoms with Gasteiger partial charge in [-0.1, -0.05) is 19.9 Å². The van der Waals surface area contributed by atoms with Crippen LogP contribution >= 0.6 is 0 Å². The first-order valence-corrected chi connectivity index (χ1v) is 7.04. The summed E-state index contributed by atoms with van der Waals surface area (Å²) in [5.41, 5.74) is 2.46. The van der Waals surface area contributed by atoms with Crippen LogP contribution in [0, 0.1) is 24.6 Å². The molecule has 1 aliphatic heterocycles. The highest BCUT2D eigenvalue weighted by Gasteiger charge is 2.28. The van der Waals surface area contributed by atoms with Gasteiger partial charge in [-0.3, -0.25) is 0 Å². The zero-order valence-electron chi connectivity index (χ0n) is 11.7. The lowest BCUT2D eigenvalue weighted by Gasteiger charge is -2.34. The van der Waals surface area contributed by atoms with Crippen molar-refractivity contribution in [2.45, 2.75) is 39.5 Å². The van der Waals surface area contributed by atoms with E-state index >= 15 is 0 Å². The van der Waals surface area contributed by atoms with Gasteiger partial charge in [0.15, 0.2) is 0 Å². The van der Waals surface area contributed by atoms with Crippen LogP contribution < -0.4 is 5.32 Å². The van der Waals surface area contributed by atoms with Crippen LogP contribution in [0.15, 0.2) is 18.2 Å². The van der Waals surface area contributed by atoms with E-state index in [-0.39, 0.29) is 5.82 Å². The van der Waals surface area contributed by atoms with Crippen LogP contribution in [0.4, 0.5) is 4.39 Å². The molecule has 0 saturated carbocycles. The van der Waals surface area contributed by atoms with Gasteiger partial charge >= 0.3 is 0 Å². The molecule has 2 unspecified atom stereocenters. The summed E-state index contributed by atoms with van der Waals surface area (Å²) in [6.45, 7) is 8.76. The van der Waals surface area contributed by atoms with E-state index in [4.69, 9.17) is 0 Å². The fraction of sp³-hybridized carbons (Fsp3) is 0.625. The minimum Gasteiger partial charge on any atom is -0.316 e. The van der Waals surface area contributed by atoms with Gasteiger partial charge in [0.1, 0.15) is 5.82 Å². The van der Waals surface area contributed by atoms with Crippen molar-refractivity contribution in [1.82, 2.24) is 5.32 Å². The van der Waals surface area contributed by atoms with E-state index < -0.39 is 0 Å². The van der Waals surface area contributed by atoms with Crippen LogP contribution in [-0.2, 0) is 0 Å². The van der Waals surface area contributed by atoms with Crippen molar-refractivity contribution in [2.24, 2.45) is 11.8 Å². The molecule has 0 radical (unpaired) electrons. The number of hydrogen-bond donors (Lipinski definition) is 1. The number of halogens is 1. The minimum absolute atomic E-state index is 0.0996. The van der Waals surface area contributed by atoms with Gasteiger partial charge in [-0.25, -0.2) is 4.39 Å². The van der Waals surface area contributed by atoms with Crippen molar-refractivity contribution in [1.29, 1.82) is 0 Å². The number of benzene rings is 1. The molecule has 0 aliphatic carbocycles. The summed E-state index contributed by atoms with van der Waals surface area (Å²) in [6.07, 6.45) is 2.34. The number of piperidine rings is 1. The molecule has 18 heavy (non-hydrogen) atoms. The number of aryl methyl sites for hydroxylation is 1. The van der Waals surface area contributed by atoms with E-state index in [0.717, 1.165) is 19.5 Å². The molecule has 1 aliphatic rings. The second kappa shape index (κ2) is 5.83. The molecule has 1 aromatic carbocycles. The first-order valence-electron chi connectivity index (χ1n) is 7.04. The Labute approximate surface area is 110 Å². The Bertz CT molecular complexity index is 400. The molecular weight excluding hydrogens is 225 g/mol. The van der Waals surface area contributed by atoms with Gasteiger partial charge < -0.3 is 5.32 Å². The van der Waals surface area contributed by atoms with Crippen molar-refractivity contribution in [3.63, 3.8) is 0 Å². The maximum absolute atomic E-state index is 13.5. The molecule has 100 valence electrons. The molecule has 0 bridgehead atoms. The van der Waals surface area contributed by atoms with Gasteiger partial charge in [-0.05, 0) is 73.9 Å². The van der Waals surface area contributed by atoms with Gasteiger partial charge in [0.2, 0.25) is 0 Å². The molecule has 0 spiro atoms. The molecule has 0 amide bonds. The summed E-state index contributed by atoms with van der Waals surface area (Å²) >= 11 is 0. The molecule has 1 nitrogen and oxygen atoms in total. The van der Waals surface area contributed by atoms with E-state index in [0.29, 0.717) is 17.8 Å². The third kappa shape index (κ3) is 3.11. The fourth-order valence-electron chi connectivity index (χ4n) is 3.20. The Morgan fingerprint density at radius 2 is 2.17 bits per heavy atom. The van der Waals surface area contributed by atoms with E-state index in [2.05, 4.69) is 26.1 Å². The van der Waals surface area contributed by atoms with Crippen molar-refractivity contribution in [3.8, 4) is 0 Å². The second-order valence-corrected chi connectivity index (χ2v) is 5.99. The zero-order chi connectivity index (χ0) is 13.1. The van der Waals surface area contributed by atoms with Gasteiger partial charge in [-0.2, -0.15) is 0 Å². The summed E-state index contributed by atoms with van der Waals surface area (Å²) < 4.78 is 13.5. The van der Waals surface area contributed by atoms with E-state index in [9.17, 15) is 4.39 Å². The Morgan fingerprint density at radius 3 is 2.89 bits per heavy atom.